The van der Waals surface area contributed by atoms with Gasteiger partial charge < -0.3 is 20.4 Å². The third-order valence-electron chi connectivity index (χ3n) is 6.08. The van der Waals surface area contributed by atoms with Crippen LogP contribution >= 0.6 is 0 Å². The average Bonchev–Trinajstić information content (AvgIpc) is 3.38. The first kappa shape index (κ1) is 24.6. The third-order valence-corrected chi connectivity index (χ3v) is 6.08. The van der Waals surface area contributed by atoms with Crippen molar-refractivity contribution in [1.29, 1.82) is 0 Å². The van der Waals surface area contributed by atoms with Gasteiger partial charge in [-0.2, -0.15) is 0 Å². The van der Waals surface area contributed by atoms with Gasteiger partial charge in [-0.25, -0.2) is 4.98 Å². The van der Waals surface area contributed by atoms with Crippen molar-refractivity contribution in [3.05, 3.63) is 66.9 Å². The van der Waals surface area contributed by atoms with Gasteiger partial charge in [0.2, 0.25) is 0 Å². The predicted octanol–water partition coefficient (Wildman–Crippen LogP) is 5.07. The number of anilines is 2. The van der Waals surface area contributed by atoms with Crippen LogP contribution in [0.3, 0.4) is 0 Å². The highest BCUT2D eigenvalue weighted by molar-refractivity contribution is 5.96. The Kier molecular flexibility index (Phi) is 9.14. The van der Waals surface area contributed by atoms with E-state index in [0.717, 1.165) is 43.7 Å². The molecule has 1 fully saturated rings. The fourth-order valence-electron chi connectivity index (χ4n) is 4.16. The molecule has 1 aromatic heterocycles. The van der Waals surface area contributed by atoms with Crippen molar-refractivity contribution in [3.63, 3.8) is 0 Å². The summed E-state index contributed by atoms with van der Waals surface area (Å²) in [5, 5.41) is 7.17. The number of nitrogens with one attached hydrogen (secondary N) is 2. The predicted molar refractivity (Wildman–Crippen MR) is 144 cm³/mol. The minimum Gasteiger partial charge on any atom is -0.394 e. The van der Waals surface area contributed by atoms with E-state index < -0.39 is 0 Å². The maximum Gasteiger partial charge on any atom is 0.0750 e. The molecule has 0 spiro atoms. The summed E-state index contributed by atoms with van der Waals surface area (Å²) in [6.07, 6.45) is 6.44. The second-order valence-corrected chi connectivity index (χ2v) is 8.71. The van der Waals surface area contributed by atoms with Gasteiger partial charge in [0, 0.05) is 56.6 Å². The van der Waals surface area contributed by atoms with E-state index >= 15 is 0 Å². The molecular formula is C28H39N5. The molecule has 5 nitrogen and oxygen atoms in total. The van der Waals surface area contributed by atoms with Crippen molar-refractivity contribution >= 4 is 22.3 Å². The maximum atomic E-state index is 5.06. The first-order valence-corrected chi connectivity index (χ1v) is 12.0. The van der Waals surface area contributed by atoms with Crippen LogP contribution in [0.5, 0.6) is 0 Å². The van der Waals surface area contributed by atoms with Crippen molar-refractivity contribution in [1.82, 2.24) is 15.6 Å². The zero-order chi connectivity index (χ0) is 23.6. The lowest BCUT2D eigenvalue weighted by Gasteiger charge is -2.22. The summed E-state index contributed by atoms with van der Waals surface area (Å²) in [5.74, 6) is 0. The molecule has 2 heterocycles. The number of hydrogen-bond acceptors (Lipinski definition) is 5. The van der Waals surface area contributed by atoms with Gasteiger partial charge in [-0.3, -0.25) is 0 Å². The van der Waals surface area contributed by atoms with Crippen molar-refractivity contribution in [2.24, 2.45) is 0 Å². The SMILES string of the molecule is C=CNC.CNCCCc1ccc(-c2cc(N3CCCC3)c3ccc(N(C)C)cc3n2)cc1. The molecule has 5 heteroatoms. The molecule has 0 unspecified atom stereocenters. The highest BCUT2D eigenvalue weighted by atomic mass is 15.1. The summed E-state index contributed by atoms with van der Waals surface area (Å²) in [6, 6.07) is 17.9. The number of aromatic nitrogens is 1. The van der Waals surface area contributed by atoms with Crippen LogP contribution in [0.4, 0.5) is 11.4 Å². The molecule has 2 N–H and O–H groups in total. The Morgan fingerprint density at radius 1 is 1.03 bits per heavy atom. The highest BCUT2D eigenvalue weighted by Gasteiger charge is 2.17. The Hall–Kier alpha value is -3.05. The third kappa shape index (κ3) is 6.48. The molecule has 0 amide bonds. The van der Waals surface area contributed by atoms with E-state index in [4.69, 9.17) is 4.98 Å². The Balaban J connectivity index is 0.000000709. The molecule has 0 bridgehead atoms. The van der Waals surface area contributed by atoms with Crippen LogP contribution in [0.2, 0.25) is 0 Å². The topological polar surface area (TPSA) is 43.4 Å². The minimum atomic E-state index is 1.06. The lowest BCUT2D eigenvalue weighted by atomic mass is 10.0. The van der Waals surface area contributed by atoms with Gasteiger partial charge >= 0.3 is 0 Å². The number of benzene rings is 2. The van der Waals surface area contributed by atoms with Crippen LogP contribution in [0, 0.1) is 0 Å². The number of pyridine rings is 1. The van der Waals surface area contributed by atoms with Crippen LogP contribution in [0.25, 0.3) is 22.2 Å². The molecule has 176 valence electrons. The van der Waals surface area contributed by atoms with Crippen molar-refractivity contribution in [3.8, 4) is 11.3 Å². The van der Waals surface area contributed by atoms with E-state index in [1.54, 1.807) is 6.20 Å². The van der Waals surface area contributed by atoms with Gasteiger partial charge in [-0.1, -0.05) is 30.8 Å². The van der Waals surface area contributed by atoms with Gasteiger partial charge in [0.15, 0.2) is 0 Å². The van der Waals surface area contributed by atoms with Gasteiger partial charge in [-0.05, 0) is 75.3 Å². The molecule has 0 atom stereocenters. The maximum absolute atomic E-state index is 5.06. The number of nitrogens with zero attached hydrogens (tertiary/aromatic N) is 3. The molecule has 0 saturated carbocycles. The Bertz CT molecular complexity index is 1020. The zero-order valence-electron chi connectivity index (χ0n) is 20.7. The second kappa shape index (κ2) is 12.3. The van der Waals surface area contributed by atoms with Gasteiger partial charge in [0.1, 0.15) is 0 Å². The van der Waals surface area contributed by atoms with Crippen LogP contribution < -0.4 is 20.4 Å². The van der Waals surface area contributed by atoms with Gasteiger partial charge in [-0.15, -0.1) is 0 Å². The number of rotatable bonds is 8. The van der Waals surface area contributed by atoms with Gasteiger partial charge in [0.25, 0.3) is 0 Å². The van der Waals surface area contributed by atoms with Crippen LogP contribution in [-0.4, -0.2) is 52.8 Å². The quantitative estimate of drug-likeness (QED) is 0.474. The summed E-state index contributed by atoms with van der Waals surface area (Å²) in [6.45, 7) is 6.70. The molecular weight excluding hydrogens is 406 g/mol. The first-order chi connectivity index (χ1) is 16.1. The fraction of sp³-hybridized carbons (Fsp3) is 0.393. The number of aryl methyl sites for hydroxylation is 1. The number of hydrogen-bond donors (Lipinski definition) is 2. The molecule has 2 aromatic carbocycles. The molecule has 1 aliphatic heterocycles. The molecule has 4 rings (SSSR count). The van der Waals surface area contributed by atoms with E-state index in [1.807, 2.05) is 14.1 Å². The largest absolute Gasteiger partial charge is 0.394 e. The van der Waals surface area contributed by atoms with E-state index in [-0.39, 0.29) is 0 Å². The van der Waals surface area contributed by atoms with Crippen LogP contribution in [-0.2, 0) is 6.42 Å². The van der Waals surface area contributed by atoms with E-state index in [0.29, 0.717) is 0 Å². The zero-order valence-corrected chi connectivity index (χ0v) is 20.7. The number of fused-ring (bicyclic) bond motifs is 1. The molecule has 3 aromatic rings. The van der Waals surface area contributed by atoms with Gasteiger partial charge in [0.05, 0.1) is 11.2 Å². The fourth-order valence-corrected chi connectivity index (χ4v) is 4.16. The second-order valence-electron chi connectivity index (χ2n) is 8.71. The summed E-state index contributed by atoms with van der Waals surface area (Å²) in [4.78, 5) is 9.73. The molecule has 33 heavy (non-hydrogen) atoms. The Morgan fingerprint density at radius 3 is 2.33 bits per heavy atom. The smallest absolute Gasteiger partial charge is 0.0750 e. The molecule has 1 saturated heterocycles. The van der Waals surface area contributed by atoms with Crippen LogP contribution in [0.1, 0.15) is 24.8 Å². The summed E-state index contributed by atoms with van der Waals surface area (Å²) >= 11 is 0. The monoisotopic (exact) mass is 445 g/mol. The standard InChI is InChI=1S/C25H32N4.C3H7N/c1-26-14-6-7-19-8-10-20(11-9-19)23-18-25(29-15-4-5-16-29)22-13-12-21(28(2)3)17-24(22)27-23;1-3-4-2/h8-13,17-18,26H,4-7,14-16H2,1-3H3;3-4H,1H2,2H3. The van der Waals surface area contributed by atoms with Crippen LogP contribution in [0.15, 0.2) is 61.3 Å². The van der Waals surface area contributed by atoms with Crippen molar-refractivity contribution in [2.75, 3.05) is 57.6 Å². The molecule has 0 radical (unpaired) electrons. The molecule has 1 aliphatic rings. The summed E-state index contributed by atoms with van der Waals surface area (Å²) < 4.78 is 0. The van der Waals surface area contributed by atoms with E-state index in [1.165, 1.54) is 40.7 Å². The first-order valence-electron chi connectivity index (χ1n) is 12.0. The normalized spacial score (nSPS) is 12.9. The lowest BCUT2D eigenvalue weighted by Crippen LogP contribution is -2.18. The lowest BCUT2D eigenvalue weighted by molar-refractivity contribution is 0.725. The van der Waals surface area contributed by atoms with E-state index in [2.05, 4.69) is 89.6 Å². The van der Waals surface area contributed by atoms with Crippen molar-refractivity contribution < 1.29 is 0 Å². The minimum absolute atomic E-state index is 1.06. The highest BCUT2D eigenvalue weighted by Crippen LogP contribution is 2.34. The average molecular weight is 446 g/mol. The van der Waals surface area contributed by atoms with Crippen molar-refractivity contribution in [2.45, 2.75) is 25.7 Å². The Morgan fingerprint density at radius 2 is 1.73 bits per heavy atom. The molecule has 0 aliphatic carbocycles. The Labute approximate surface area is 199 Å². The summed E-state index contributed by atoms with van der Waals surface area (Å²) in [7, 11) is 7.99. The summed E-state index contributed by atoms with van der Waals surface area (Å²) in [5.41, 5.74) is 7.24. The van der Waals surface area contributed by atoms with E-state index in [9.17, 15) is 0 Å².